The Hall–Kier alpha value is -1.86. The fourth-order valence-electron chi connectivity index (χ4n) is 3.69. The predicted molar refractivity (Wildman–Crippen MR) is 83.7 cm³/mol. The van der Waals surface area contributed by atoms with Gasteiger partial charge in [0.05, 0.1) is 17.8 Å². The second-order valence-electron chi connectivity index (χ2n) is 5.92. The second-order valence-corrected chi connectivity index (χ2v) is 5.92. The highest BCUT2D eigenvalue weighted by Gasteiger charge is 2.42. The first-order valence-corrected chi connectivity index (χ1v) is 7.86. The molecule has 0 radical (unpaired) electrons. The molecule has 1 aromatic heterocycles. The number of aromatic nitrogens is 2. The lowest BCUT2D eigenvalue weighted by molar-refractivity contribution is 0.292. The van der Waals surface area contributed by atoms with Crippen LogP contribution in [0.4, 0.5) is 0 Å². The molecule has 0 bridgehead atoms. The van der Waals surface area contributed by atoms with E-state index in [1.807, 2.05) is 18.3 Å². The van der Waals surface area contributed by atoms with Crippen LogP contribution >= 0.6 is 0 Å². The van der Waals surface area contributed by atoms with Gasteiger partial charge in [-0.1, -0.05) is 31.5 Å². The number of nitrogens with zero attached hydrogens (tertiary/aromatic N) is 3. The van der Waals surface area contributed by atoms with Crippen molar-refractivity contribution in [1.29, 1.82) is 5.26 Å². The van der Waals surface area contributed by atoms with E-state index in [1.165, 1.54) is 10.9 Å². The summed E-state index contributed by atoms with van der Waals surface area (Å²) in [5, 5.41) is 18.7. The van der Waals surface area contributed by atoms with Crippen molar-refractivity contribution in [3.05, 3.63) is 30.5 Å². The van der Waals surface area contributed by atoms with E-state index in [1.54, 1.807) is 0 Å². The van der Waals surface area contributed by atoms with E-state index in [0.29, 0.717) is 5.92 Å². The van der Waals surface area contributed by atoms with Crippen molar-refractivity contribution in [2.24, 2.45) is 5.92 Å². The number of benzene rings is 1. The van der Waals surface area contributed by atoms with Crippen LogP contribution in [0, 0.1) is 17.2 Å². The predicted octanol–water partition coefficient (Wildman–Crippen LogP) is 3.10. The molecule has 1 heterocycles. The minimum atomic E-state index is -0.322. The van der Waals surface area contributed by atoms with Crippen LogP contribution in [0.2, 0.25) is 0 Å². The summed E-state index contributed by atoms with van der Waals surface area (Å²) in [6.07, 6.45) is 6.19. The van der Waals surface area contributed by atoms with Gasteiger partial charge in [-0.05, 0) is 37.8 Å². The summed E-state index contributed by atoms with van der Waals surface area (Å²) in [7, 11) is 0. The molecule has 1 aromatic carbocycles. The zero-order valence-corrected chi connectivity index (χ0v) is 12.5. The molecular formula is C17H22N4. The molecule has 4 nitrogen and oxygen atoms in total. The summed E-state index contributed by atoms with van der Waals surface area (Å²) < 4.78 is 2.07. The molecule has 1 aliphatic rings. The lowest BCUT2D eigenvalue weighted by Crippen LogP contribution is -2.47. The third kappa shape index (κ3) is 2.54. The van der Waals surface area contributed by atoms with Crippen LogP contribution < -0.4 is 5.32 Å². The molecular weight excluding hydrogens is 260 g/mol. The van der Waals surface area contributed by atoms with E-state index in [2.05, 4.69) is 40.2 Å². The summed E-state index contributed by atoms with van der Waals surface area (Å²) in [5.41, 5.74) is 0.860. The maximum Gasteiger partial charge on any atom is 0.109 e. The molecule has 1 N–H and O–H groups in total. The Morgan fingerprint density at radius 2 is 2.33 bits per heavy atom. The number of hydrogen-bond acceptors (Lipinski definition) is 3. The van der Waals surface area contributed by atoms with Crippen LogP contribution in [0.5, 0.6) is 0 Å². The quantitative estimate of drug-likeness (QED) is 0.916. The number of nitriles is 1. The van der Waals surface area contributed by atoms with Gasteiger partial charge in [-0.25, -0.2) is 0 Å². The molecule has 2 atom stereocenters. The Morgan fingerprint density at radius 1 is 1.48 bits per heavy atom. The fraction of sp³-hybridized carbons (Fsp3) is 0.529. The van der Waals surface area contributed by atoms with E-state index in [0.717, 1.165) is 38.8 Å². The number of para-hydroxylation sites is 1. The van der Waals surface area contributed by atoms with Crippen LogP contribution in [-0.2, 0) is 6.54 Å². The normalized spacial score (nSPS) is 25.2. The molecule has 0 amide bonds. The smallest absolute Gasteiger partial charge is 0.109 e. The molecule has 110 valence electrons. The molecule has 1 saturated carbocycles. The molecule has 0 spiro atoms. The van der Waals surface area contributed by atoms with E-state index in [9.17, 15) is 5.26 Å². The van der Waals surface area contributed by atoms with Crippen LogP contribution in [0.25, 0.3) is 10.9 Å². The number of nitrogens with one attached hydrogen (secondary N) is 1. The van der Waals surface area contributed by atoms with Gasteiger partial charge in [-0.3, -0.25) is 10.00 Å². The summed E-state index contributed by atoms with van der Waals surface area (Å²) in [6.45, 7) is 3.82. The van der Waals surface area contributed by atoms with E-state index in [-0.39, 0.29) is 5.54 Å². The minimum Gasteiger partial charge on any atom is -0.299 e. The number of fused-ring (bicyclic) bond motifs is 1. The van der Waals surface area contributed by atoms with E-state index >= 15 is 0 Å². The Morgan fingerprint density at radius 3 is 3.14 bits per heavy atom. The average Bonchev–Trinajstić information content (AvgIpc) is 3.10. The standard InChI is InChI=1S/C17H22N4/c1-2-19-17(13-18)10-5-7-15(17)9-11-21-16-8-4-3-6-14(16)12-20-21/h3-4,6,8,12,15,19H,2,5,7,9-11H2,1H3. The Balaban J connectivity index is 1.74. The minimum absolute atomic E-state index is 0.322. The molecule has 2 unspecified atom stereocenters. The highest BCUT2D eigenvalue weighted by atomic mass is 15.3. The van der Waals surface area contributed by atoms with Gasteiger partial charge in [0, 0.05) is 11.9 Å². The Bertz CT molecular complexity index is 654. The number of rotatable bonds is 5. The first kappa shape index (κ1) is 14.1. The summed E-state index contributed by atoms with van der Waals surface area (Å²) in [6, 6.07) is 10.8. The molecule has 4 heteroatoms. The summed E-state index contributed by atoms with van der Waals surface area (Å²) in [4.78, 5) is 0. The molecule has 2 aromatic rings. The second kappa shape index (κ2) is 5.87. The van der Waals surface area contributed by atoms with Crippen molar-refractivity contribution in [2.45, 2.75) is 44.7 Å². The van der Waals surface area contributed by atoms with Crippen LogP contribution in [-0.4, -0.2) is 21.9 Å². The zero-order valence-electron chi connectivity index (χ0n) is 12.5. The molecule has 1 fully saturated rings. The third-order valence-corrected chi connectivity index (χ3v) is 4.75. The van der Waals surface area contributed by atoms with Crippen molar-refractivity contribution < 1.29 is 0 Å². The van der Waals surface area contributed by atoms with Gasteiger partial charge in [0.15, 0.2) is 0 Å². The van der Waals surface area contributed by atoms with Gasteiger partial charge >= 0.3 is 0 Å². The van der Waals surface area contributed by atoms with Crippen molar-refractivity contribution in [2.75, 3.05) is 6.54 Å². The monoisotopic (exact) mass is 282 g/mol. The topological polar surface area (TPSA) is 53.6 Å². The summed E-state index contributed by atoms with van der Waals surface area (Å²) in [5.74, 6) is 0.422. The summed E-state index contributed by atoms with van der Waals surface area (Å²) >= 11 is 0. The first-order chi connectivity index (χ1) is 10.3. The Labute approximate surface area is 125 Å². The highest BCUT2D eigenvalue weighted by molar-refractivity contribution is 5.78. The number of hydrogen-bond donors (Lipinski definition) is 1. The maximum absolute atomic E-state index is 9.61. The van der Waals surface area contributed by atoms with Gasteiger partial charge in [-0.15, -0.1) is 0 Å². The van der Waals surface area contributed by atoms with Crippen molar-refractivity contribution in [3.63, 3.8) is 0 Å². The lowest BCUT2D eigenvalue weighted by Gasteiger charge is -2.29. The fourth-order valence-corrected chi connectivity index (χ4v) is 3.69. The van der Waals surface area contributed by atoms with E-state index in [4.69, 9.17) is 0 Å². The van der Waals surface area contributed by atoms with Gasteiger partial charge in [-0.2, -0.15) is 10.4 Å². The van der Waals surface area contributed by atoms with Gasteiger partial charge < -0.3 is 0 Å². The molecule has 21 heavy (non-hydrogen) atoms. The average molecular weight is 282 g/mol. The SMILES string of the molecule is CCNC1(C#N)CCCC1CCn1ncc2ccccc21. The molecule has 3 rings (SSSR count). The van der Waals surface area contributed by atoms with Gasteiger partial charge in [0.1, 0.15) is 5.54 Å². The van der Waals surface area contributed by atoms with Crippen molar-refractivity contribution in [3.8, 4) is 6.07 Å². The van der Waals surface area contributed by atoms with Crippen LogP contribution in [0.15, 0.2) is 30.5 Å². The highest BCUT2D eigenvalue weighted by Crippen LogP contribution is 2.37. The number of aryl methyl sites for hydroxylation is 1. The first-order valence-electron chi connectivity index (χ1n) is 7.86. The lowest BCUT2D eigenvalue weighted by atomic mass is 9.86. The largest absolute Gasteiger partial charge is 0.299 e. The van der Waals surface area contributed by atoms with Crippen LogP contribution in [0.1, 0.15) is 32.6 Å². The zero-order chi connectivity index (χ0) is 14.7. The van der Waals surface area contributed by atoms with Crippen LogP contribution in [0.3, 0.4) is 0 Å². The molecule has 0 aliphatic heterocycles. The Kier molecular flexibility index (Phi) is 3.94. The third-order valence-electron chi connectivity index (χ3n) is 4.75. The van der Waals surface area contributed by atoms with Gasteiger partial charge in [0.2, 0.25) is 0 Å². The molecule has 1 aliphatic carbocycles. The van der Waals surface area contributed by atoms with E-state index < -0.39 is 0 Å². The van der Waals surface area contributed by atoms with Crippen molar-refractivity contribution >= 4 is 10.9 Å². The molecule has 0 saturated heterocycles. The van der Waals surface area contributed by atoms with Gasteiger partial charge in [0.25, 0.3) is 0 Å². The van der Waals surface area contributed by atoms with Crippen molar-refractivity contribution in [1.82, 2.24) is 15.1 Å². The maximum atomic E-state index is 9.61.